The molecular weight excluding hydrogens is 289 g/mol. The van der Waals surface area contributed by atoms with Gasteiger partial charge >= 0.3 is 0 Å². The van der Waals surface area contributed by atoms with Crippen molar-refractivity contribution in [1.82, 2.24) is 0 Å². The van der Waals surface area contributed by atoms with Crippen molar-refractivity contribution in [2.75, 3.05) is 5.32 Å². The molecular formula is C17H19Cl2N. The van der Waals surface area contributed by atoms with E-state index in [-0.39, 0.29) is 0 Å². The lowest BCUT2D eigenvalue weighted by Gasteiger charge is -2.17. The summed E-state index contributed by atoms with van der Waals surface area (Å²) in [7, 11) is 0. The molecule has 0 aliphatic carbocycles. The second kappa shape index (κ2) is 7.01. The lowest BCUT2D eigenvalue weighted by atomic mass is 10.0. The van der Waals surface area contributed by atoms with Gasteiger partial charge in [-0.2, -0.15) is 0 Å². The first-order chi connectivity index (χ1) is 9.56. The number of hydrogen-bond donors (Lipinski definition) is 1. The Morgan fingerprint density at radius 3 is 2.35 bits per heavy atom. The summed E-state index contributed by atoms with van der Waals surface area (Å²) in [5, 5.41) is 4.73. The Labute approximate surface area is 130 Å². The quantitative estimate of drug-likeness (QED) is 0.743. The maximum absolute atomic E-state index is 6.16. The zero-order valence-electron chi connectivity index (χ0n) is 11.8. The van der Waals surface area contributed by atoms with Gasteiger partial charge in [-0.3, -0.25) is 0 Å². The topological polar surface area (TPSA) is 12.0 Å². The first-order valence-electron chi connectivity index (χ1n) is 6.82. The Hall–Kier alpha value is -1.18. The van der Waals surface area contributed by atoms with Crippen LogP contribution < -0.4 is 5.32 Å². The van der Waals surface area contributed by atoms with E-state index >= 15 is 0 Å². The fourth-order valence-electron chi connectivity index (χ4n) is 2.21. The molecule has 0 aromatic heterocycles. The molecule has 1 nitrogen and oxygen atoms in total. The minimum absolute atomic E-state index is 0.313. The first kappa shape index (κ1) is 15.2. The predicted molar refractivity (Wildman–Crippen MR) is 89.0 cm³/mol. The minimum Gasteiger partial charge on any atom is -0.380 e. The van der Waals surface area contributed by atoms with Gasteiger partial charge in [-0.05, 0) is 44.4 Å². The normalized spacial score (nSPS) is 12.2. The van der Waals surface area contributed by atoms with Crippen LogP contribution in [0.25, 0.3) is 0 Å². The minimum atomic E-state index is 0.313. The number of aryl methyl sites for hydroxylation is 2. The van der Waals surface area contributed by atoms with Crippen molar-refractivity contribution in [2.24, 2.45) is 0 Å². The molecule has 1 unspecified atom stereocenters. The van der Waals surface area contributed by atoms with Gasteiger partial charge in [-0.1, -0.05) is 59.1 Å². The van der Waals surface area contributed by atoms with E-state index in [1.54, 1.807) is 0 Å². The Morgan fingerprint density at radius 2 is 1.70 bits per heavy atom. The number of nitrogens with one attached hydrogen (secondary N) is 1. The largest absolute Gasteiger partial charge is 0.380 e. The van der Waals surface area contributed by atoms with E-state index in [1.165, 1.54) is 11.1 Å². The molecule has 1 N–H and O–H groups in total. The molecule has 0 fully saturated rings. The summed E-state index contributed by atoms with van der Waals surface area (Å²) in [6.45, 7) is 4.27. The summed E-state index contributed by atoms with van der Waals surface area (Å²) in [4.78, 5) is 0. The van der Waals surface area contributed by atoms with E-state index in [9.17, 15) is 0 Å². The van der Waals surface area contributed by atoms with Crippen molar-refractivity contribution in [1.29, 1.82) is 0 Å². The van der Waals surface area contributed by atoms with E-state index < -0.39 is 0 Å². The highest BCUT2D eigenvalue weighted by molar-refractivity contribution is 6.39. The van der Waals surface area contributed by atoms with Crippen LogP contribution in [-0.4, -0.2) is 6.04 Å². The van der Waals surface area contributed by atoms with Crippen molar-refractivity contribution < 1.29 is 0 Å². The molecule has 0 aliphatic heterocycles. The number of halogens is 2. The van der Waals surface area contributed by atoms with E-state index in [2.05, 4.69) is 43.4 Å². The third-order valence-electron chi connectivity index (χ3n) is 3.30. The van der Waals surface area contributed by atoms with Crippen LogP contribution >= 0.6 is 23.2 Å². The van der Waals surface area contributed by atoms with Gasteiger partial charge in [0.2, 0.25) is 0 Å². The standard InChI is InChI=1S/C17H19Cl2N/c1-12-5-3-6-14(11-12)10-9-13(2)20-17-15(18)7-4-8-16(17)19/h3-8,11,13,20H,9-10H2,1-2H3. The number of rotatable bonds is 5. The molecule has 2 rings (SSSR count). The smallest absolute Gasteiger partial charge is 0.0720 e. The van der Waals surface area contributed by atoms with Crippen molar-refractivity contribution in [3.8, 4) is 0 Å². The molecule has 106 valence electrons. The maximum atomic E-state index is 6.16. The average molecular weight is 308 g/mol. The van der Waals surface area contributed by atoms with Crippen molar-refractivity contribution in [2.45, 2.75) is 32.7 Å². The number of para-hydroxylation sites is 1. The highest BCUT2D eigenvalue weighted by Crippen LogP contribution is 2.30. The summed E-state index contributed by atoms with van der Waals surface area (Å²) < 4.78 is 0. The van der Waals surface area contributed by atoms with Gasteiger partial charge in [-0.25, -0.2) is 0 Å². The van der Waals surface area contributed by atoms with Gasteiger partial charge in [0.25, 0.3) is 0 Å². The molecule has 0 saturated carbocycles. The van der Waals surface area contributed by atoms with Crippen LogP contribution in [0.4, 0.5) is 5.69 Å². The molecule has 0 spiro atoms. The molecule has 0 aliphatic rings. The second-order valence-electron chi connectivity index (χ2n) is 5.17. The highest BCUT2D eigenvalue weighted by Gasteiger charge is 2.09. The van der Waals surface area contributed by atoms with Crippen molar-refractivity contribution in [3.05, 3.63) is 63.6 Å². The molecule has 2 aromatic carbocycles. The predicted octanol–water partition coefficient (Wildman–Crippen LogP) is 5.74. The summed E-state index contributed by atoms with van der Waals surface area (Å²) >= 11 is 12.3. The second-order valence-corrected chi connectivity index (χ2v) is 5.98. The molecule has 0 radical (unpaired) electrons. The highest BCUT2D eigenvalue weighted by atomic mass is 35.5. The molecule has 20 heavy (non-hydrogen) atoms. The third-order valence-corrected chi connectivity index (χ3v) is 3.93. The molecule has 3 heteroatoms. The summed E-state index contributed by atoms with van der Waals surface area (Å²) in [5.74, 6) is 0. The van der Waals surface area contributed by atoms with Crippen LogP contribution in [0.1, 0.15) is 24.5 Å². The zero-order chi connectivity index (χ0) is 14.5. The Kier molecular flexibility index (Phi) is 5.33. The van der Waals surface area contributed by atoms with E-state index in [1.807, 2.05) is 18.2 Å². The van der Waals surface area contributed by atoms with Gasteiger partial charge in [0, 0.05) is 6.04 Å². The molecule has 0 bridgehead atoms. The fraction of sp³-hybridized carbons (Fsp3) is 0.294. The van der Waals surface area contributed by atoms with Crippen LogP contribution in [0.15, 0.2) is 42.5 Å². The lowest BCUT2D eigenvalue weighted by molar-refractivity contribution is 0.706. The van der Waals surface area contributed by atoms with Crippen LogP contribution in [0.3, 0.4) is 0 Å². The Morgan fingerprint density at radius 1 is 1.05 bits per heavy atom. The van der Waals surface area contributed by atoms with Gasteiger partial charge in [0.15, 0.2) is 0 Å². The molecule has 1 atom stereocenters. The number of hydrogen-bond acceptors (Lipinski definition) is 1. The number of anilines is 1. The SMILES string of the molecule is Cc1cccc(CCC(C)Nc2c(Cl)cccc2Cl)c1. The van der Waals surface area contributed by atoms with Crippen LogP contribution in [0, 0.1) is 6.92 Å². The molecule has 0 heterocycles. The van der Waals surface area contributed by atoms with Gasteiger partial charge in [0.1, 0.15) is 0 Å². The summed E-state index contributed by atoms with van der Waals surface area (Å²) in [6, 6.07) is 14.5. The van der Waals surface area contributed by atoms with Crippen molar-refractivity contribution >= 4 is 28.9 Å². The molecule has 0 amide bonds. The average Bonchev–Trinajstić information content (AvgIpc) is 2.41. The van der Waals surface area contributed by atoms with Gasteiger partial charge in [0.05, 0.1) is 15.7 Å². The monoisotopic (exact) mass is 307 g/mol. The van der Waals surface area contributed by atoms with E-state index in [0.717, 1.165) is 18.5 Å². The number of benzene rings is 2. The third kappa shape index (κ3) is 4.16. The molecule has 2 aromatic rings. The van der Waals surface area contributed by atoms with E-state index in [4.69, 9.17) is 23.2 Å². The van der Waals surface area contributed by atoms with Gasteiger partial charge < -0.3 is 5.32 Å². The van der Waals surface area contributed by atoms with Gasteiger partial charge in [-0.15, -0.1) is 0 Å². The summed E-state index contributed by atoms with van der Waals surface area (Å²) in [6.07, 6.45) is 2.07. The van der Waals surface area contributed by atoms with Crippen molar-refractivity contribution in [3.63, 3.8) is 0 Å². The fourth-order valence-corrected chi connectivity index (χ4v) is 2.71. The van der Waals surface area contributed by atoms with Crippen LogP contribution in [-0.2, 0) is 6.42 Å². The first-order valence-corrected chi connectivity index (χ1v) is 7.58. The molecule has 0 saturated heterocycles. The van der Waals surface area contributed by atoms with E-state index in [0.29, 0.717) is 16.1 Å². The Bertz CT molecular complexity index is 561. The summed E-state index contributed by atoms with van der Waals surface area (Å²) in [5.41, 5.74) is 3.49. The van der Waals surface area contributed by atoms with Crippen LogP contribution in [0.5, 0.6) is 0 Å². The zero-order valence-corrected chi connectivity index (χ0v) is 13.3. The lowest BCUT2D eigenvalue weighted by Crippen LogP contribution is -2.16. The maximum Gasteiger partial charge on any atom is 0.0720 e. The Balaban J connectivity index is 1.94. The van der Waals surface area contributed by atoms with Crippen LogP contribution in [0.2, 0.25) is 10.0 Å².